The van der Waals surface area contributed by atoms with E-state index in [0.29, 0.717) is 12.5 Å². The Morgan fingerprint density at radius 1 is 1.14 bits per heavy atom. The number of H-pyrrole nitrogens is 1. The van der Waals surface area contributed by atoms with E-state index < -0.39 is 0 Å². The summed E-state index contributed by atoms with van der Waals surface area (Å²) in [5, 5.41) is 3.34. The molecule has 21 heavy (non-hydrogen) atoms. The molecule has 0 atom stereocenters. The summed E-state index contributed by atoms with van der Waals surface area (Å²) >= 11 is 0. The summed E-state index contributed by atoms with van der Waals surface area (Å²) in [6.45, 7) is 13.4. The van der Waals surface area contributed by atoms with Gasteiger partial charge in [-0.3, -0.25) is 14.6 Å². The van der Waals surface area contributed by atoms with E-state index in [2.05, 4.69) is 58.8 Å². The molecule has 0 unspecified atom stereocenters. The van der Waals surface area contributed by atoms with Crippen molar-refractivity contribution in [3.05, 3.63) is 45.9 Å². The van der Waals surface area contributed by atoms with Crippen LogP contribution in [-0.2, 0) is 12.0 Å². The Hall–Kier alpha value is -1.77. The summed E-state index contributed by atoms with van der Waals surface area (Å²) in [5.74, 6) is 0.431. The van der Waals surface area contributed by atoms with E-state index in [-0.39, 0.29) is 11.0 Å². The van der Waals surface area contributed by atoms with Crippen molar-refractivity contribution in [3.8, 4) is 11.1 Å². The zero-order chi connectivity index (χ0) is 15.8. The summed E-state index contributed by atoms with van der Waals surface area (Å²) in [6.07, 6.45) is 0. The molecule has 1 heterocycles. The molecule has 1 aromatic heterocycles. The number of rotatable bonds is 3. The van der Waals surface area contributed by atoms with Crippen LogP contribution < -0.4 is 5.56 Å². The molecular weight excluding hydrogens is 260 g/mol. The smallest absolute Gasteiger partial charge is 0.274 e. The van der Waals surface area contributed by atoms with Crippen LogP contribution in [0.15, 0.2) is 29.1 Å². The second-order valence-electron chi connectivity index (χ2n) is 7.29. The third kappa shape index (κ3) is 3.29. The molecule has 2 aromatic rings. The van der Waals surface area contributed by atoms with Crippen molar-refractivity contribution in [3.63, 3.8) is 0 Å². The molecule has 0 aliphatic heterocycles. The maximum atomic E-state index is 12.8. The highest BCUT2D eigenvalue weighted by atomic mass is 16.1. The standard InChI is InChI=1S/C18H26N2O/c1-12(2)11-20-17(21)15(16(19-20)18(4,5)6)14-9-7-13(3)8-10-14/h7-10,12,19H,11H2,1-6H3. The van der Waals surface area contributed by atoms with Gasteiger partial charge in [-0.15, -0.1) is 0 Å². The predicted molar refractivity (Wildman–Crippen MR) is 88.8 cm³/mol. The van der Waals surface area contributed by atoms with Crippen molar-refractivity contribution >= 4 is 0 Å². The molecule has 0 fully saturated rings. The first-order valence-corrected chi connectivity index (χ1v) is 7.60. The van der Waals surface area contributed by atoms with Gasteiger partial charge in [0.05, 0.1) is 11.3 Å². The Morgan fingerprint density at radius 3 is 2.19 bits per heavy atom. The first-order valence-electron chi connectivity index (χ1n) is 7.60. The predicted octanol–water partition coefficient (Wildman–Crippen LogP) is 4.11. The zero-order valence-corrected chi connectivity index (χ0v) is 13.9. The maximum absolute atomic E-state index is 12.8. The molecule has 0 saturated carbocycles. The van der Waals surface area contributed by atoms with Crippen LogP contribution in [0.1, 0.15) is 45.9 Å². The second-order valence-corrected chi connectivity index (χ2v) is 7.29. The van der Waals surface area contributed by atoms with Crippen molar-refractivity contribution in [1.82, 2.24) is 9.78 Å². The third-order valence-corrected chi connectivity index (χ3v) is 3.59. The first-order chi connectivity index (χ1) is 9.70. The van der Waals surface area contributed by atoms with Crippen LogP contribution in [0.4, 0.5) is 0 Å². The molecule has 0 aliphatic carbocycles. The largest absolute Gasteiger partial charge is 0.299 e. The summed E-state index contributed by atoms with van der Waals surface area (Å²) in [7, 11) is 0. The molecule has 2 rings (SSSR count). The molecule has 0 saturated heterocycles. The lowest BCUT2D eigenvalue weighted by Gasteiger charge is -2.18. The van der Waals surface area contributed by atoms with Crippen LogP contribution in [0.3, 0.4) is 0 Å². The van der Waals surface area contributed by atoms with Crippen molar-refractivity contribution in [1.29, 1.82) is 0 Å². The summed E-state index contributed by atoms with van der Waals surface area (Å²) in [4.78, 5) is 12.8. The normalized spacial score (nSPS) is 12.1. The van der Waals surface area contributed by atoms with Crippen LogP contribution in [0.5, 0.6) is 0 Å². The van der Waals surface area contributed by atoms with Gasteiger partial charge in [0.2, 0.25) is 0 Å². The lowest BCUT2D eigenvalue weighted by Crippen LogP contribution is -2.20. The van der Waals surface area contributed by atoms with Gasteiger partial charge in [0.1, 0.15) is 0 Å². The highest BCUT2D eigenvalue weighted by molar-refractivity contribution is 5.66. The lowest BCUT2D eigenvalue weighted by molar-refractivity contribution is 0.457. The van der Waals surface area contributed by atoms with Crippen molar-refractivity contribution in [2.75, 3.05) is 0 Å². The number of aryl methyl sites for hydroxylation is 1. The molecule has 3 heteroatoms. The van der Waals surface area contributed by atoms with Crippen LogP contribution in [-0.4, -0.2) is 9.78 Å². The lowest BCUT2D eigenvalue weighted by atomic mass is 9.87. The fourth-order valence-electron chi connectivity index (χ4n) is 2.51. The summed E-state index contributed by atoms with van der Waals surface area (Å²) in [6, 6.07) is 8.19. The van der Waals surface area contributed by atoms with E-state index in [0.717, 1.165) is 16.8 Å². The number of aromatic amines is 1. The molecule has 0 bridgehead atoms. The zero-order valence-electron chi connectivity index (χ0n) is 13.9. The molecule has 3 nitrogen and oxygen atoms in total. The topological polar surface area (TPSA) is 37.8 Å². The van der Waals surface area contributed by atoms with E-state index in [1.807, 2.05) is 12.1 Å². The summed E-state index contributed by atoms with van der Waals surface area (Å²) in [5.41, 5.74) is 4.00. The highest BCUT2D eigenvalue weighted by Gasteiger charge is 2.25. The number of nitrogens with zero attached hydrogens (tertiary/aromatic N) is 1. The molecular formula is C18H26N2O. The van der Waals surface area contributed by atoms with Crippen LogP contribution in [0.2, 0.25) is 0 Å². The van der Waals surface area contributed by atoms with Gasteiger partial charge in [0, 0.05) is 12.0 Å². The van der Waals surface area contributed by atoms with Gasteiger partial charge in [-0.1, -0.05) is 64.4 Å². The minimum Gasteiger partial charge on any atom is -0.299 e. The van der Waals surface area contributed by atoms with Gasteiger partial charge in [0.25, 0.3) is 5.56 Å². The molecule has 0 radical (unpaired) electrons. The Bertz CT molecular complexity index is 667. The molecule has 0 aliphatic rings. The Morgan fingerprint density at radius 2 is 1.71 bits per heavy atom. The van der Waals surface area contributed by atoms with E-state index in [1.54, 1.807) is 4.68 Å². The molecule has 1 aromatic carbocycles. The summed E-state index contributed by atoms with van der Waals surface area (Å²) < 4.78 is 1.75. The number of nitrogens with one attached hydrogen (secondary N) is 1. The van der Waals surface area contributed by atoms with E-state index in [1.165, 1.54) is 5.56 Å². The number of hydrogen-bond acceptors (Lipinski definition) is 1. The highest BCUT2D eigenvalue weighted by Crippen LogP contribution is 2.29. The van der Waals surface area contributed by atoms with E-state index >= 15 is 0 Å². The Balaban J connectivity index is 2.65. The number of aromatic nitrogens is 2. The van der Waals surface area contributed by atoms with Crippen molar-refractivity contribution in [2.24, 2.45) is 5.92 Å². The Labute approximate surface area is 127 Å². The fourth-order valence-corrected chi connectivity index (χ4v) is 2.51. The fraction of sp³-hybridized carbons (Fsp3) is 0.500. The Kier molecular flexibility index (Phi) is 4.13. The van der Waals surface area contributed by atoms with Gasteiger partial charge >= 0.3 is 0 Å². The van der Waals surface area contributed by atoms with Gasteiger partial charge in [0.15, 0.2) is 0 Å². The number of benzene rings is 1. The molecule has 0 spiro atoms. The van der Waals surface area contributed by atoms with Crippen molar-refractivity contribution < 1.29 is 0 Å². The van der Waals surface area contributed by atoms with Gasteiger partial charge in [-0.25, -0.2) is 0 Å². The second kappa shape index (κ2) is 5.55. The molecule has 1 N–H and O–H groups in total. The van der Waals surface area contributed by atoms with Crippen molar-refractivity contribution in [2.45, 2.75) is 53.5 Å². The van der Waals surface area contributed by atoms with Crippen LogP contribution >= 0.6 is 0 Å². The van der Waals surface area contributed by atoms with Gasteiger partial charge in [-0.2, -0.15) is 0 Å². The van der Waals surface area contributed by atoms with Crippen LogP contribution in [0, 0.1) is 12.8 Å². The van der Waals surface area contributed by atoms with Crippen LogP contribution in [0.25, 0.3) is 11.1 Å². The average molecular weight is 286 g/mol. The monoisotopic (exact) mass is 286 g/mol. The SMILES string of the molecule is Cc1ccc(-c2c(C(C)(C)C)[nH]n(CC(C)C)c2=O)cc1. The van der Waals surface area contributed by atoms with Gasteiger partial charge < -0.3 is 0 Å². The first kappa shape index (κ1) is 15.6. The quantitative estimate of drug-likeness (QED) is 0.906. The molecule has 114 valence electrons. The minimum absolute atomic E-state index is 0.0810. The minimum atomic E-state index is -0.0956. The number of hydrogen-bond donors (Lipinski definition) is 1. The average Bonchev–Trinajstić information content (AvgIpc) is 2.67. The van der Waals surface area contributed by atoms with Gasteiger partial charge in [-0.05, 0) is 18.4 Å². The van der Waals surface area contributed by atoms with E-state index in [4.69, 9.17) is 0 Å². The third-order valence-electron chi connectivity index (χ3n) is 3.59. The molecule has 0 amide bonds. The maximum Gasteiger partial charge on any atom is 0.274 e. The van der Waals surface area contributed by atoms with E-state index in [9.17, 15) is 4.79 Å².